The van der Waals surface area contributed by atoms with Crippen LogP contribution >= 0.6 is 11.3 Å². The maximum Gasteiger partial charge on any atom is 0.416 e. The van der Waals surface area contributed by atoms with E-state index in [1.54, 1.807) is 30.5 Å². The number of alkyl halides is 3. The molecule has 1 heterocycles. The monoisotopic (exact) mass is 541 g/mol. The summed E-state index contributed by atoms with van der Waals surface area (Å²) in [5, 5.41) is 5.36. The van der Waals surface area contributed by atoms with Crippen molar-refractivity contribution in [1.29, 1.82) is 0 Å². The summed E-state index contributed by atoms with van der Waals surface area (Å²) in [5.74, 6) is 1.82. The first-order valence-corrected chi connectivity index (χ1v) is 13.5. The van der Waals surface area contributed by atoms with Gasteiger partial charge in [-0.2, -0.15) is 13.2 Å². The standard InChI is InChI=1S/C28H26F3N3O3S/c29-28(30,31)20-2-1-3-22(11-20)34-25(36)33-21-6-4-19(5-7-21)23-15-32-26(38-23)37-24(35)27-12-16-8-17(13-27)10-18(9-16)14-27/h1-7,11,15-18H,8-10,12-14H2,(H2,33,34,36). The Morgan fingerprint density at radius 3 is 2.18 bits per heavy atom. The number of benzene rings is 2. The number of esters is 1. The highest BCUT2D eigenvalue weighted by atomic mass is 32.1. The first kappa shape index (κ1) is 24.9. The third-order valence-electron chi connectivity index (χ3n) is 8.01. The van der Waals surface area contributed by atoms with Gasteiger partial charge in [-0.15, -0.1) is 0 Å². The van der Waals surface area contributed by atoms with Crippen molar-refractivity contribution in [2.24, 2.45) is 23.2 Å². The predicted octanol–water partition coefficient (Wildman–Crippen LogP) is 7.59. The van der Waals surface area contributed by atoms with Crippen molar-refractivity contribution in [1.82, 2.24) is 4.98 Å². The average molecular weight is 542 g/mol. The first-order chi connectivity index (χ1) is 18.1. The largest absolute Gasteiger partial charge is 0.416 e. The van der Waals surface area contributed by atoms with E-state index in [2.05, 4.69) is 15.6 Å². The number of amides is 2. The molecule has 38 heavy (non-hydrogen) atoms. The highest BCUT2D eigenvalue weighted by Crippen LogP contribution is 2.60. The molecule has 7 rings (SSSR count). The van der Waals surface area contributed by atoms with Gasteiger partial charge >= 0.3 is 18.2 Å². The molecule has 4 aliphatic carbocycles. The molecule has 198 valence electrons. The van der Waals surface area contributed by atoms with Crippen LogP contribution in [0.4, 0.5) is 29.3 Å². The van der Waals surface area contributed by atoms with Gasteiger partial charge in [-0.25, -0.2) is 9.78 Å². The van der Waals surface area contributed by atoms with Crippen molar-refractivity contribution in [3.05, 3.63) is 60.3 Å². The zero-order valence-electron chi connectivity index (χ0n) is 20.4. The molecule has 0 saturated heterocycles. The number of nitrogens with zero attached hydrogens (tertiary/aromatic N) is 1. The van der Waals surface area contributed by atoms with Crippen LogP contribution in [-0.4, -0.2) is 17.0 Å². The van der Waals surface area contributed by atoms with Gasteiger partial charge in [-0.3, -0.25) is 4.79 Å². The number of hydrogen-bond acceptors (Lipinski definition) is 5. The Bertz CT molecular complexity index is 1330. The Hall–Kier alpha value is -3.40. The molecule has 2 N–H and O–H groups in total. The molecular weight excluding hydrogens is 515 g/mol. The first-order valence-electron chi connectivity index (χ1n) is 12.7. The molecule has 2 amide bonds. The van der Waals surface area contributed by atoms with E-state index in [1.807, 2.05) is 0 Å². The Balaban J connectivity index is 1.06. The van der Waals surface area contributed by atoms with E-state index in [0.717, 1.165) is 41.8 Å². The van der Waals surface area contributed by atoms with Crippen molar-refractivity contribution in [3.8, 4) is 15.6 Å². The Labute approximate surface area is 221 Å². The predicted molar refractivity (Wildman–Crippen MR) is 138 cm³/mol. The molecule has 0 atom stereocenters. The van der Waals surface area contributed by atoms with Crippen LogP contribution in [0.1, 0.15) is 44.1 Å². The van der Waals surface area contributed by atoms with E-state index in [4.69, 9.17) is 4.74 Å². The average Bonchev–Trinajstić information content (AvgIpc) is 3.32. The maximum absolute atomic E-state index is 13.2. The molecule has 3 aromatic rings. The fraction of sp³-hybridized carbons (Fsp3) is 0.393. The minimum atomic E-state index is -4.49. The van der Waals surface area contributed by atoms with Crippen molar-refractivity contribution >= 4 is 34.7 Å². The van der Waals surface area contributed by atoms with Crippen LogP contribution in [0.5, 0.6) is 5.19 Å². The summed E-state index contributed by atoms with van der Waals surface area (Å²) in [6.45, 7) is 0. The lowest BCUT2D eigenvalue weighted by Gasteiger charge is -2.54. The summed E-state index contributed by atoms with van der Waals surface area (Å²) >= 11 is 1.30. The van der Waals surface area contributed by atoms with E-state index in [9.17, 15) is 22.8 Å². The molecule has 0 radical (unpaired) electrons. The molecule has 0 aliphatic heterocycles. The summed E-state index contributed by atoms with van der Waals surface area (Å²) in [6, 6.07) is 10.7. The molecule has 4 saturated carbocycles. The molecule has 0 unspecified atom stereocenters. The SMILES string of the molecule is O=C(Nc1ccc(-c2cnc(OC(=O)C34CC5CC(CC(C5)C3)C4)s2)cc1)Nc1cccc(C(F)(F)F)c1. The normalized spacial score (nSPS) is 25.7. The number of carbonyl (C=O) groups is 2. The summed E-state index contributed by atoms with van der Waals surface area (Å²) < 4.78 is 44.5. The quantitative estimate of drug-likeness (QED) is 0.326. The highest BCUT2D eigenvalue weighted by Gasteiger charge is 2.55. The van der Waals surface area contributed by atoms with Gasteiger partial charge in [-0.05, 0) is 92.2 Å². The third-order valence-corrected chi connectivity index (χ3v) is 8.94. The van der Waals surface area contributed by atoms with Crippen LogP contribution in [0.3, 0.4) is 0 Å². The van der Waals surface area contributed by atoms with Crippen LogP contribution in [-0.2, 0) is 11.0 Å². The van der Waals surface area contributed by atoms with Crippen LogP contribution in [0, 0.1) is 23.2 Å². The van der Waals surface area contributed by atoms with Crippen molar-refractivity contribution in [2.45, 2.75) is 44.7 Å². The minimum absolute atomic E-state index is 0.0363. The van der Waals surface area contributed by atoms with Gasteiger partial charge in [0.1, 0.15) is 0 Å². The van der Waals surface area contributed by atoms with Crippen molar-refractivity contribution in [3.63, 3.8) is 0 Å². The highest BCUT2D eigenvalue weighted by molar-refractivity contribution is 7.16. The van der Waals surface area contributed by atoms with Gasteiger partial charge in [0, 0.05) is 17.6 Å². The number of urea groups is 1. The third kappa shape index (κ3) is 5.01. The molecule has 6 nitrogen and oxygen atoms in total. The molecule has 2 aromatic carbocycles. The second-order valence-corrected chi connectivity index (χ2v) is 11.8. The zero-order valence-corrected chi connectivity index (χ0v) is 21.2. The van der Waals surface area contributed by atoms with Gasteiger partial charge in [0.05, 0.1) is 15.9 Å². The number of ether oxygens (including phenoxy) is 1. The number of nitrogens with one attached hydrogen (secondary N) is 2. The fourth-order valence-electron chi connectivity index (χ4n) is 6.77. The van der Waals surface area contributed by atoms with E-state index < -0.39 is 17.8 Å². The van der Waals surface area contributed by atoms with Gasteiger partial charge in [0.15, 0.2) is 0 Å². The van der Waals surface area contributed by atoms with E-state index in [0.29, 0.717) is 28.6 Å². The lowest BCUT2D eigenvalue weighted by atomic mass is 9.49. The van der Waals surface area contributed by atoms with Gasteiger partial charge in [0.2, 0.25) is 0 Å². The maximum atomic E-state index is 13.2. The van der Waals surface area contributed by atoms with Crippen LogP contribution < -0.4 is 15.4 Å². The van der Waals surface area contributed by atoms with Crippen LogP contribution in [0.25, 0.3) is 10.4 Å². The van der Waals surface area contributed by atoms with Gasteiger partial charge < -0.3 is 15.4 Å². The Morgan fingerprint density at radius 1 is 0.921 bits per heavy atom. The topological polar surface area (TPSA) is 80.3 Å². The van der Waals surface area contributed by atoms with Crippen molar-refractivity contribution in [2.75, 3.05) is 10.6 Å². The Morgan fingerprint density at radius 2 is 1.55 bits per heavy atom. The summed E-state index contributed by atoms with van der Waals surface area (Å²) in [5.41, 5.74) is 0.156. The Kier molecular flexibility index (Phi) is 6.17. The minimum Gasteiger partial charge on any atom is -0.397 e. The number of hydrogen-bond donors (Lipinski definition) is 2. The number of anilines is 2. The lowest BCUT2D eigenvalue weighted by molar-refractivity contribution is -0.161. The molecule has 4 bridgehead atoms. The molecule has 4 fully saturated rings. The number of aromatic nitrogens is 1. The summed E-state index contributed by atoms with van der Waals surface area (Å²) in [4.78, 5) is 30.6. The van der Waals surface area contributed by atoms with E-state index >= 15 is 0 Å². The van der Waals surface area contributed by atoms with E-state index in [1.165, 1.54) is 42.7 Å². The van der Waals surface area contributed by atoms with Gasteiger partial charge in [0.25, 0.3) is 5.19 Å². The second kappa shape index (κ2) is 9.41. The number of thiazole rings is 1. The molecule has 1 aromatic heterocycles. The second-order valence-electron chi connectivity index (χ2n) is 10.8. The number of halogens is 3. The van der Waals surface area contributed by atoms with Gasteiger partial charge in [-0.1, -0.05) is 29.5 Å². The zero-order chi connectivity index (χ0) is 26.5. The smallest absolute Gasteiger partial charge is 0.397 e. The number of rotatable bonds is 5. The summed E-state index contributed by atoms with van der Waals surface area (Å²) in [6.07, 6.45) is 3.75. The van der Waals surface area contributed by atoms with Crippen molar-refractivity contribution < 1.29 is 27.5 Å². The summed E-state index contributed by atoms with van der Waals surface area (Å²) in [7, 11) is 0. The molecule has 4 aliphatic rings. The van der Waals surface area contributed by atoms with Crippen LogP contribution in [0.2, 0.25) is 0 Å². The lowest BCUT2D eigenvalue weighted by Crippen LogP contribution is -2.51. The molecule has 10 heteroatoms. The van der Waals surface area contributed by atoms with E-state index in [-0.39, 0.29) is 17.1 Å². The fourth-order valence-corrected chi connectivity index (χ4v) is 7.54. The molecular formula is C28H26F3N3O3S. The van der Waals surface area contributed by atoms with Crippen LogP contribution in [0.15, 0.2) is 54.7 Å². The number of carbonyl (C=O) groups excluding carboxylic acids is 2. The molecule has 0 spiro atoms.